The van der Waals surface area contributed by atoms with Gasteiger partial charge in [0.25, 0.3) is 0 Å². The third-order valence-electron chi connectivity index (χ3n) is 7.12. The highest BCUT2D eigenvalue weighted by molar-refractivity contribution is 6.74. The lowest BCUT2D eigenvalue weighted by atomic mass is 10.0. The number of halogens is 1. The summed E-state index contributed by atoms with van der Waals surface area (Å²) in [5.74, 6) is -1.50. The molecule has 7 heteroatoms. The van der Waals surface area contributed by atoms with Gasteiger partial charge in [0.05, 0.1) is 18.2 Å². The zero-order chi connectivity index (χ0) is 27.5. The summed E-state index contributed by atoms with van der Waals surface area (Å²) in [6.45, 7) is 14.5. The van der Waals surface area contributed by atoms with Gasteiger partial charge in [0.2, 0.25) is 0 Å². The maximum absolute atomic E-state index is 13.7. The molecule has 1 unspecified atom stereocenters. The number of aliphatic carboxylic acids is 1. The SMILES string of the molecule is CC(C)n1c(C=CC(=O)CC(CC(=O)O)O[Si](C)(C)C(C)(C)C)c(-c2ccc(F)cc2)c2ccccc21. The smallest absolute Gasteiger partial charge is 0.305 e. The molecule has 0 aliphatic carbocycles. The number of carbonyl (C=O) groups is 2. The van der Waals surface area contributed by atoms with Gasteiger partial charge in [-0.15, -0.1) is 0 Å². The molecule has 0 amide bonds. The first-order valence-electron chi connectivity index (χ1n) is 12.7. The topological polar surface area (TPSA) is 68.5 Å². The van der Waals surface area contributed by atoms with Crippen LogP contribution in [0.4, 0.5) is 4.39 Å². The highest BCUT2D eigenvalue weighted by atomic mass is 28.4. The maximum Gasteiger partial charge on any atom is 0.305 e. The van der Waals surface area contributed by atoms with Crippen LogP contribution in [0, 0.1) is 5.82 Å². The maximum atomic E-state index is 13.7. The van der Waals surface area contributed by atoms with Gasteiger partial charge >= 0.3 is 5.97 Å². The van der Waals surface area contributed by atoms with Gasteiger partial charge in [-0.25, -0.2) is 4.39 Å². The van der Waals surface area contributed by atoms with Crippen LogP contribution < -0.4 is 0 Å². The van der Waals surface area contributed by atoms with Gasteiger partial charge in [-0.1, -0.05) is 51.1 Å². The predicted molar refractivity (Wildman–Crippen MR) is 151 cm³/mol. The van der Waals surface area contributed by atoms with Gasteiger partial charge in [0.1, 0.15) is 5.82 Å². The number of para-hydroxylation sites is 1. The summed E-state index contributed by atoms with van der Waals surface area (Å²) in [5, 5.41) is 10.3. The van der Waals surface area contributed by atoms with E-state index >= 15 is 0 Å². The molecule has 1 N–H and O–H groups in total. The summed E-state index contributed by atoms with van der Waals surface area (Å²) in [6, 6.07) is 14.5. The van der Waals surface area contributed by atoms with Crippen molar-refractivity contribution >= 4 is 37.0 Å². The molecule has 0 saturated heterocycles. The van der Waals surface area contributed by atoms with Gasteiger partial charge in [0.15, 0.2) is 14.1 Å². The number of allylic oxidation sites excluding steroid dienone is 1. The van der Waals surface area contributed by atoms with E-state index in [0.29, 0.717) is 0 Å². The van der Waals surface area contributed by atoms with Gasteiger partial charge in [-0.05, 0) is 67.9 Å². The van der Waals surface area contributed by atoms with E-state index < -0.39 is 20.4 Å². The van der Waals surface area contributed by atoms with Crippen LogP contribution >= 0.6 is 0 Å². The average Bonchev–Trinajstić information content (AvgIpc) is 3.11. The Morgan fingerprint density at radius 1 is 1.05 bits per heavy atom. The fourth-order valence-corrected chi connectivity index (χ4v) is 5.68. The third kappa shape index (κ3) is 6.65. The molecule has 1 heterocycles. The van der Waals surface area contributed by atoms with E-state index in [1.807, 2.05) is 24.3 Å². The number of benzene rings is 2. The predicted octanol–water partition coefficient (Wildman–Crippen LogP) is 7.87. The summed E-state index contributed by atoms with van der Waals surface area (Å²) < 4.78 is 22.2. The number of hydrogen-bond acceptors (Lipinski definition) is 3. The lowest BCUT2D eigenvalue weighted by Crippen LogP contribution is -2.44. The monoisotopic (exact) mass is 523 g/mol. The number of fused-ring (bicyclic) bond motifs is 1. The lowest BCUT2D eigenvalue weighted by Gasteiger charge is -2.38. The van der Waals surface area contributed by atoms with Crippen LogP contribution in [0.1, 0.15) is 59.2 Å². The van der Waals surface area contributed by atoms with E-state index in [9.17, 15) is 19.1 Å². The van der Waals surface area contributed by atoms with Crippen LogP contribution in [0.2, 0.25) is 18.1 Å². The Morgan fingerprint density at radius 3 is 2.24 bits per heavy atom. The molecule has 198 valence electrons. The minimum absolute atomic E-state index is 0.0108. The first kappa shape index (κ1) is 28.5. The van der Waals surface area contributed by atoms with Crippen LogP contribution in [0.3, 0.4) is 0 Å². The number of carbonyl (C=O) groups excluding carboxylic acids is 1. The number of rotatable bonds is 10. The molecule has 0 spiro atoms. The quantitative estimate of drug-likeness (QED) is 0.217. The number of ketones is 1. The second kappa shape index (κ2) is 11.2. The average molecular weight is 524 g/mol. The molecule has 0 saturated carbocycles. The molecule has 3 aromatic rings. The van der Waals surface area contributed by atoms with E-state index in [1.54, 1.807) is 18.2 Å². The van der Waals surface area contributed by atoms with Crippen molar-refractivity contribution in [3.63, 3.8) is 0 Å². The van der Waals surface area contributed by atoms with E-state index in [2.05, 4.69) is 52.3 Å². The van der Waals surface area contributed by atoms with Crippen molar-refractivity contribution in [2.75, 3.05) is 0 Å². The molecule has 37 heavy (non-hydrogen) atoms. The molecular weight excluding hydrogens is 485 g/mol. The van der Waals surface area contributed by atoms with Gasteiger partial charge in [0, 0.05) is 28.9 Å². The molecule has 2 aromatic carbocycles. The summed E-state index contributed by atoms with van der Waals surface area (Å²) in [5.41, 5.74) is 3.65. The molecule has 1 atom stereocenters. The molecule has 0 fully saturated rings. The third-order valence-corrected chi connectivity index (χ3v) is 11.7. The molecular formula is C30H38FNO4Si. The number of aromatic nitrogens is 1. The minimum atomic E-state index is -2.27. The summed E-state index contributed by atoms with van der Waals surface area (Å²) >= 11 is 0. The normalized spacial score (nSPS) is 13.5. The Balaban J connectivity index is 2.01. The Morgan fingerprint density at radius 2 is 1.68 bits per heavy atom. The second-order valence-corrected chi connectivity index (χ2v) is 16.1. The Labute approximate surface area is 220 Å². The molecule has 0 aliphatic rings. The summed E-state index contributed by atoms with van der Waals surface area (Å²) in [7, 11) is -2.27. The number of hydrogen-bond donors (Lipinski definition) is 1. The van der Waals surface area contributed by atoms with Crippen molar-refractivity contribution < 1.29 is 23.5 Å². The first-order chi connectivity index (χ1) is 17.2. The molecule has 0 radical (unpaired) electrons. The summed E-state index contributed by atoms with van der Waals surface area (Å²) in [6.07, 6.45) is 2.39. The fraction of sp³-hybridized carbons (Fsp3) is 0.400. The van der Waals surface area contributed by atoms with Crippen LogP contribution in [0.5, 0.6) is 0 Å². The van der Waals surface area contributed by atoms with Crippen LogP contribution in [-0.2, 0) is 14.0 Å². The largest absolute Gasteiger partial charge is 0.481 e. The van der Waals surface area contributed by atoms with Crippen LogP contribution in [0.25, 0.3) is 28.1 Å². The lowest BCUT2D eigenvalue weighted by molar-refractivity contribution is -0.139. The number of carboxylic acids is 1. The second-order valence-electron chi connectivity index (χ2n) is 11.3. The van der Waals surface area contributed by atoms with Crippen molar-refractivity contribution in [3.8, 4) is 11.1 Å². The Bertz CT molecular complexity index is 1300. The minimum Gasteiger partial charge on any atom is -0.481 e. The van der Waals surface area contributed by atoms with Crippen molar-refractivity contribution in [2.45, 2.75) is 77.7 Å². The molecule has 0 bridgehead atoms. The number of nitrogens with zero attached hydrogens (tertiary/aromatic N) is 1. The standard InChI is InChI=1S/C30H38FNO4Si/c1-20(2)32-26-11-9-8-10-25(26)29(21-12-14-22(31)15-13-21)27(32)17-16-23(33)18-24(19-28(34)35)36-37(6,7)30(3,4)5/h8-17,20,24H,18-19H2,1-7H3,(H,34,35). The Hall–Kier alpha value is -3.03. The van der Waals surface area contributed by atoms with E-state index in [0.717, 1.165) is 27.7 Å². The first-order valence-corrected chi connectivity index (χ1v) is 15.6. The van der Waals surface area contributed by atoms with Gasteiger partial charge in [-0.3, -0.25) is 9.59 Å². The van der Waals surface area contributed by atoms with Crippen molar-refractivity contribution in [2.24, 2.45) is 0 Å². The number of carboxylic acid groups (broad SMARTS) is 1. The Kier molecular flexibility index (Phi) is 8.60. The zero-order valence-corrected chi connectivity index (χ0v) is 23.8. The highest BCUT2D eigenvalue weighted by Gasteiger charge is 2.39. The van der Waals surface area contributed by atoms with E-state index in [4.69, 9.17) is 4.43 Å². The highest BCUT2D eigenvalue weighted by Crippen LogP contribution is 2.39. The van der Waals surface area contributed by atoms with Crippen molar-refractivity contribution in [1.29, 1.82) is 0 Å². The van der Waals surface area contributed by atoms with Gasteiger partial charge < -0.3 is 14.1 Å². The zero-order valence-electron chi connectivity index (χ0n) is 22.8. The summed E-state index contributed by atoms with van der Waals surface area (Å²) in [4.78, 5) is 24.7. The van der Waals surface area contributed by atoms with Crippen LogP contribution in [0.15, 0.2) is 54.6 Å². The van der Waals surface area contributed by atoms with Crippen molar-refractivity contribution in [3.05, 3.63) is 66.1 Å². The molecule has 3 rings (SSSR count). The van der Waals surface area contributed by atoms with E-state index in [-0.39, 0.29) is 35.5 Å². The van der Waals surface area contributed by atoms with Gasteiger partial charge in [-0.2, -0.15) is 0 Å². The molecule has 1 aromatic heterocycles. The fourth-order valence-electron chi connectivity index (χ4n) is 4.33. The van der Waals surface area contributed by atoms with Crippen molar-refractivity contribution in [1.82, 2.24) is 4.57 Å². The van der Waals surface area contributed by atoms with Crippen LogP contribution in [-0.4, -0.2) is 35.8 Å². The van der Waals surface area contributed by atoms with E-state index in [1.165, 1.54) is 18.2 Å². The molecule has 0 aliphatic heterocycles. The molecule has 5 nitrogen and oxygen atoms in total.